The monoisotopic (exact) mass is 298 g/mol. The van der Waals surface area contributed by atoms with Gasteiger partial charge in [-0.05, 0) is 47.7 Å². The second-order valence-corrected chi connectivity index (χ2v) is 5.34. The zero-order valence-electron chi connectivity index (χ0n) is 9.40. The van der Waals surface area contributed by atoms with Gasteiger partial charge >= 0.3 is 5.97 Å². The molecular weight excluding hydrogens is 284 g/mol. The lowest BCUT2D eigenvalue weighted by Crippen LogP contribution is -2.29. The standard InChI is InChI=1S/C12H15BrN2O2/c13-9-5-11(7-14-6-9)15-10-3-1-8(2-4-10)12(16)17/h5-8,10,15H,1-4H2,(H,16,17). The van der Waals surface area contributed by atoms with Crippen LogP contribution >= 0.6 is 15.9 Å². The number of carboxylic acids is 1. The van der Waals surface area contributed by atoms with Crippen molar-refractivity contribution in [3.8, 4) is 0 Å². The number of nitrogens with zero attached hydrogens (tertiary/aromatic N) is 1. The number of nitrogens with one attached hydrogen (secondary N) is 1. The van der Waals surface area contributed by atoms with Gasteiger partial charge in [0.2, 0.25) is 0 Å². The summed E-state index contributed by atoms with van der Waals surface area (Å²) in [6.07, 6.45) is 6.86. The summed E-state index contributed by atoms with van der Waals surface area (Å²) < 4.78 is 0.946. The molecule has 1 heterocycles. The summed E-state index contributed by atoms with van der Waals surface area (Å²) in [5.74, 6) is -0.818. The Hall–Kier alpha value is -1.10. The van der Waals surface area contributed by atoms with Crippen LogP contribution in [0.15, 0.2) is 22.9 Å². The first-order valence-electron chi connectivity index (χ1n) is 5.75. The first kappa shape index (κ1) is 12.4. The molecule has 1 aromatic heterocycles. The SMILES string of the molecule is O=C(O)C1CCC(Nc2cncc(Br)c2)CC1. The summed E-state index contributed by atoms with van der Waals surface area (Å²) in [6, 6.07) is 2.35. The Morgan fingerprint density at radius 3 is 2.65 bits per heavy atom. The quantitative estimate of drug-likeness (QED) is 0.901. The highest BCUT2D eigenvalue weighted by Crippen LogP contribution is 2.27. The van der Waals surface area contributed by atoms with Gasteiger partial charge in [0.1, 0.15) is 0 Å². The molecule has 1 aromatic rings. The topological polar surface area (TPSA) is 62.2 Å². The fourth-order valence-corrected chi connectivity index (χ4v) is 2.58. The normalized spacial score (nSPS) is 24.3. The van der Waals surface area contributed by atoms with Crippen molar-refractivity contribution in [2.75, 3.05) is 5.32 Å². The van der Waals surface area contributed by atoms with Crippen LogP contribution in [0.3, 0.4) is 0 Å². The number of anilines is 1. The van der Waals surface area contributed by atoms with Crippen LogP contribution in [-0.4, -0.2) is 22.1 Å². The molecule has 0 spiro atoms. The van der Waals surface area contributed by atoms with Crippen molar-refractivity contribution in [1.82, 2.24) is 4.98 Å². The van der Waals surface area contributed by atoms with Gasteiger partial charge in [0.15, 0.2) is 0 Å². The number of carbonyl (C=O) groups is 1. The largest absolute Gasteiger partial charge is 0.481 e. The minimum absolute atomic E-state index is 0.159. The van der Waals surface area contributed by atoms with Crippen LogP contribution in [0, 0.1) is 5.92 Å². The van der Waals surface area contributed by atoms with E-state index in [2.05, 4.69) is 26.2 Å². The molecular formula is C12H15BrN2O2. The maximum Gasteiger partial charge on any atom is 0.306 e. The third kappa shape index (κ3) is 3.43. The fourth-order valence-electron chi connectivity index (χ4n) is 2.21. The molecule has 0 radical (unpaired) electrons. The van der Waals surface area contributed by atoms with Crippen LogP contribution in [0.25, 0.3) is 0 Å². The zero-order valence-corrected chi connectivity index (χ0v) is 11.0. The van der Waals surface area contributed by atoms with Gasteiger partial charge in [-0.3, -0.25) is 9.78 Å². The van der Waals surface area contributed by atoms with Crippen molar-refractivity contribution in [2.45, 2.75) is 31.7 Å². The van der Waals surface area contributed by atoms with Gasteiger partial charge in [-0.2, -0.15) is 0 Å². The minimum atomic E-state index is -0.660. The summed E-state index contributed by atoms with van der Waals surface area (Å²) in [7, 11) is 0. The molecule has 5 heteroatoms. The van der Waals surface area contributed by atoms with E-state index in [1.807, 2.05) is 6.07 Å². The highest BCUT2D eigenvalue weighted by Gasteiger charge is 2.25. The van der Waals surface area contributed by atoms with Crippen LogP contribution in [0.2, 0.25) is 0 Å². The Kier molecular flexibility index (Phi) is 3.99. The first-order chi connectivity index (χ1) is 8.15. The van der Waals surface area contributed by atoms with Gasteiger partial charge in [-0.25, -0.2) is 0 Å². The van der Waals surface area contributed by atoms with Gasteiger partial charge in [0.05, 0.1) is 17.8 Å². The average molecular weight is 299 g/mol. The number of rotatable bonds is 3. The minimum Gasteiger partial charge on any atom is -0.481 e. The van der Waals surface area contributed by atoms with E-state index in [1.54, 1.807) is 12.4 Å². The second kappa shape index (κ2) is 5.49. The number of aliphatic carboxylic acids is 1. The maximum atomic E-state index is 10.8. The van der Waals surface area contributed by atoms with Gasteiger partial charge in [-0.1, -0.05) is 0 Å². The molecule has 2 rings (SSSR count). The molecule has 92 valence electrons. The van der Waals surface area contributed by atoms with E-state index in [-0.39, 0.29) is 5.92 Å². The highest BCUT2D eigenvalue weighted by atomic mass is 79.9. The van der Waals surface area contributed by atoms with Crippen LogP contribution in [0.5, 0.6) is 0 Å². The Morgan fingerprint density at radius 2 is 2.06 bits per heavy atom. The molecule has 1 aliphatic carbocycles. The van der Waals surface area contributed by atoms with Crippen molar-refractivity contribution in [3.63, 3.8) is 0 Å². The van der Waals surface area contributed by atoms with Crippen molar-refractivity contribution in [3.05, 3.63) is 22.9 Å². The summed E-state index contributed by atoms with van der Waals surface area (Å²) in [6.45, 7) is 0. The van der Waals surface area contributed by atoms with Crippen LogP contribution in [0.1, 0.15) is 25.7 Å². The van der Waals surface area contributed by atoms with E-state index in [4.69, 9.17) is 5.11 Å². The van der Waals surface area contributed by atoms with Crippen molar-refractivity contribution in [1.29, 1.82) is 0 Å². The second-order valence-electron chi connectivity index (χ2n) is 4.42. The zero-order chi connectivity index (χ0) is 12.3. The molecule has 0 bridgehead atoms. The van der Waals surface area contributed by atoms with Crippen molar-refractivity contribution < 1.29 is 9.90 Å². The number of aromatic nitrogens is 1. The van der Waals surface area contributed by atoms with Crippen molar-refractivity contribution in [2.24, 2.45) is 5.92 Å². The highest BCUT2D eigenvalue weighted by molar-refractivity contribution is 9.10. The molecule has 1 fully saturated rings. The van der Waals surface area contributed by atoms with E-state index in [0.717, 1.165) is 35.8 Å². The van der Waals surface area contributed by atoms with Crippen LogP contribution in [0.4, 0.5) is 5.69 Å². The molecule has 17 heavy (non-hydrogen) atoms. The number of pyridine rings is 1. The number of halogens is 1. The van der Waals surface area contributed by atoms with Crippen LogP contribution < -0.4 is 5.32 Å². The Morgan fingerprint density at radius 1 is 1.35 bits per heavy atom. The molecule has 0 saturated heterocycles. The summed E-state index contributed by atoms with van der Waals surface area (Å²) in [4.78, 5) is 14.9. The Labute approximate surface area is 109 Å². The van der Waals surface area contributed by atoms with Crippen LogP contribution in [-0.2, 0) is 4.79 Å². The predicted molar refractivity (Wildman–Crippen MR) is 68.9 cm³/mol. The fraction of sp³-hybridized carbons (Fsp3) is 0.500. The van der Waals surface area contributed by atoms with Crippen molar-refractivity contribution >= 4 is 27.6 Å². The Bertz CT molecular complexity index is 403. The number of carboxylic acid groups (broad SMARTS) is 1. The van der Waals surface area contributed by atoms with Gasteiger partial charge in [0.25, 0.3) is 0 Å². The first-order valence-corrected chi connectivity index (χ1v) is 6.54. The van der Waals surface area contributed by atoms with E-state index in [0.29, 0.717) is 6.04 Å². The van der Waals surface area contributed by atoms with Gasteiger partial charge in [0, 0.05) is 16.7 Å². The molecule has 2 N–H and O–H groups in total. The molecule has 1 saturated carbocycles. The van der Waals surface area contributed by atoms with Gasteiger partial charge < -0.3 is 10.4 Å². The van der Waals surface area contributed by atoms with E-state index < -0.39 is 5.97 Å². The lowest BCUT2D eigenvalue weighted by Gasteiger charge is -2.27. The van der Waals surface area contributed by atoms with E-state index >= 15 is 0 Å². The third-order valence-electron chi connectivity index (χ3n) is 3.15. The summed E-state index contributed by atoms with van der Waals surface area (Å²) in [5, 5.41) is 12.3. The maximum absolute atomic E-state index is 10.8. The van der Waals surface area contributed by atoms with E-state index in [9.17, 15) is 4.79 Å². The predicted octanol–water partition coefficient (Wildman–Crippen LogP) is 2.90. The lowest BCUT2D eigenvalue weighted by molar-refractivity contribution is -0.142. The molecule has 1 aliphatic rings. The average Bonchev–Trinajstić information content (AvgIpc) is 2.29. The van der Waals surface area contributed by atoms with E-state index in [1.165, 1.54) is 0 Å². The third-order valence-corrected chi connectivity index (χ3v) is 3.59. The molecule has 0 amide bonds. The molecule has 0 unspecified atom stereocenters. The molecule has 0 atom stereocenters. The molecule has 0 aliphatic heterocycles. The molecule has 0 aromatic carbocycles. The lowest BCUT2D eigenvalue weighted by atomic mass is 9.86. The Balaban J connectivity index is 1.88. The van der Waals surface area contributed by atoms with Gasteiger partial charge in [-0.15, -0.1) is 0 Å². The number of hydrogen-bond acceptors (Lipinski definition) is 3. The number of hydrogen-bond donors (Lipinski definition) is 2. The molecule has 4 nitrogen and oxygen atoms in total. The summed E-state index contributed by atoms with van der Waals surface area (Å²) >= 11 is 3.38. The summed E-state index contributed by atoms with van der Waals surface area (Å²) in [5.41, 5.74) is 0.984. The smallest absolute Gasteiger partial charge is 0.306 e.